The molecular formula is C14H18N2O4. The van der Waals surface area contributed by atoms with Gasteiger partial charge in [0.25, 0.3) is 0 Å². The molecule has 0 spiro atoms. The van der Waals surface area contributed by atoms with Crippen LogP contribution in [0.2, 0.25) is 0 Å². The Bertz CT molecular complexity index is 500. The van der Waals surface area contributed by atoms with Crippen LogP contribution in [0, 0.1) is 0 Å². The second-order valence-electron chi connectivity index (χ2n) is 4.73. The molecule has 1 aromatic carbocycles. The summed E-state index contributed by atoms with van der Waals surface area (Å²) in [6.45, 7) is 0.232. The van der Waals surface area contributed by atoms with E-state index >= 15 is 0 Å². The molecule has 0 aromatic heterocycles. The number of anilines is 1. The van der Waals surface area contributed by atoms with Crippen molar-refractivity contribution in [3.05, 3.63) is 24.3 Å². The molecule has 0 atom stereocenters. The zero-order valence-electron chi connectivity index (χ0n) is 11.3. The third kappa shape index (κ3) is 3.88. The highest BCUT2D eigenvalue weighted by atomic mass is 16.5. The number of nitrogens with zero attached hydrogens (tertiary/aromatic N) is 1. The van der Waals surface area contributed by atoms with Crippen LogP contribution in [0.5, 0.6) is 5.75 Å². The lowest BCUT2D eigenvalue weighted by Gasteiger charge is -2.22. The lowest BCUT2D eigenvalue weighted by Crippen LogP contribution is -2.38. The van der Waals surface area contributed by atoms with Gasteiger partial charge in [-0.3, -0.25) is 4.79 Å². The average Bonchev–Trinajstić information content (AvgIpc) is 3.23. The van der Waals surface area contributed by atoms with Crippen molar-refractivity contribution in [3.63, 3.8) is 0 Å². The summed E-state index contributed by atoms with van der Waals surface area (Å²) < 4.78 is 5.09. The molecule has 6 heteroatoms. The molecule has 6 nitrogen and oxygen atoms in total. The van der Waals surface area contributed by atoms with Crippen molar-refractivity contribution in [2.24, 2.45) is 0 Å². The van der Waals surface area contributed by atoms with E-state index in [0.29, 0.717) is 11.4 Å². The average molecular weight is 278 g/mol. The Balaban J connectivity index is 1.98. The number of carboxylic acid groups (broad SMARTS) is 1. The van der Waals surface area contributed by atoms with Crippen LogP contribution in [0.4, 0.5) is 10.5 Å². The van der Waals surface area contributed by atoms with E-state index in [1.165, 1.54) is 0 Å². The Labute approximate surface area is 117 Å². The third-order valence-electron chi connectivity index (χ3n) is 3.14. The third-order valence-corrected chi connectivity index (χ3v) is 3.14. The van der Waals surface area contributed by atoms with Gasteiger partial charge in [-0.1, -0.05) is 6.07 Å². The van der Waals surface area contributed by atoms with Crippen molar-refractivity contribution in [1.82, 2.24) is 4.90 Å². The molecular weight excluding hydrogens is 260 g/mol. The highest BCUT2D eigenvalue weighted by molar-refractivity contribution is 5.90. The molecule has 1 aromatic rings. The summed E-state index contributed by atoms with van der Waals surface area (Å²) >= 11 is 0. The molecule has 2 rings (SSSR count). The molecule has 1 aliphatic rings. The summed E-state index contributed by atoms with van der Waals surface area (Å²) in [5.41, 5.74) is 0.635. The Morgan fingerprint density at radius 3 is 2.80 bits per heavy atom. The van der Waals surface area contributed by atoms with Crippen molar-refractivity contribution >= 4 is 17.7 Å². The zero-order chi connectivity index (χ0) is 14.5. The number of methoxy groups -OCH3 is 1. The number of carbonyl (C=O) groups is 2. The van der Waals surface area contributed by atoms with Gasteiger partial charge in [0.1, 0.15) is 5.75 Å². The molecule has 2 amide bonds. The summed E-state index contributed by atoms with van der Waals surface area (Å²) in [7, 11) is 1.56. The summed E-state index contributed by atoms with van der Waals surface area (Å²) in [6.07, 6.45) is 1.83. The molecule has 0 saturated heterocycles. The second kappa shape index (κ2) is 6.27. The van der Waals surface area contributed by atoms with E-state index in [1.54, 1.807) is 36.3 Å². The van der Waals surface area contributed by atoms with E-state index in [0.717, 1.165) is 12.8 Å². The number of carboxylic acids is 1. The van der Waals surface area contributed by atoms with Gasteiger partial charge in [0.15, 0.2) is 0 Å². The van der Waals surface area contributed by atoms with Gasteiger partial charge in [0.2, 0.25) is 0 Å². The zero-order valence-corrected chi connectivity index (χ0v) is 11.3. The van der Waals surface area contributed by atoms with Gasteiger partial charge in [-0.05, 0) is 25.0 Å². The minimum Gasteiger partial charge on any atom is -0.497 e. The standard InChI is InChI=1S/C14H18N2O4/c1-20-12-4-2-3-10(9-12)15-14(19)16(11-5-6-11)8-7-13(17)18/h2-4,9,11H,5-8H2,1H3,(H,15,19)(H,17,18). The number of aliphatic carboxylic acids is 1. The summed E-state index contributed by atoms with van der Waals surface area (Å²) in [5, 5.41) is 11.5. The number of rotatable bonds is 6. The molecule has 1 saturated carbocycles. The first-order valence-corrected chi connectivity index (χ1v) is 6.53. The van der Waals surface area contributed by atoms with Gasteiger partial charge in [-0.15, -0.1) is 0 Å². The molecule has 0 aliphatic heterocycles. The fourth-order valence-corrected chi connectivity index (χ4v) is 1.95. The fraction of sp³-hybridized carbons (Fsp3) is 0.429. The highest BCUT2D eigenvalue weighted by Gasteiger charge is 2.32. The Morgan fingerprint density at radius 2 is 2.20 bits per heavy atom. The van der Waals surface area contributed by atoms with Crippen LogP contribution in [0.15, 0.2) is 24.3 Å². The predicted molar refractivity (Wildman–Crippen MR) is 74.0 cm³/mol. The summed E-state index contributed by atoms with van der Waals surface area (Å²) in [4.78, 5) is 24.4. The maximum atomic E-state index is 12.2. The van der Waals surface area contributed by atoms with Crippen LogP contribution < -0.4 is 10.1 Å². The van der Waals surface area contributed by atoms with Crippen LogP contribution in [0.1, 0.15) is 19.3 Å². The molecule has 20 heavy (non-hydrogen) atoms. The van der Waals surface area contributed by atoms with Crippen LogP contribution in [-0.2, 0) is 4.79 Å². The molecule has 1 aliphatic carbocycles. The van der Waals surface area contributed by atoms with Gasteiger partial charge < -0.3 is 20.1 Å². The smallest absolute Gasteiger partial charge is 0.322 e. The van der Waals surface area contributed by atoms with Crippen molar-refractivity contribution < 1.29 is 19.4 Å². The number of nitrogens with one attached hydrogen (secondary N) is 1. The lowest BCUT2D eigenvalue weighted by atomic mass is 10.3. The number of hydrogen-bond acceptors (Lipinski definition) is 3. The Morgan fingerprint density at radius 1 is 1.45 bits per heavy atom. The van der Waals surface area contributed by atoms with E-state index in [4.69, 9.17) is 9.84 Å². The number of carbonyl (C=O) groups excluding carboxylic acids is 1. The number of amides is 2. The molecule has 2 N–H and O–H groups in total. The normalized spacial score (nSPS) is 13.7. The van der Waals surface area contributed by atoms with E-state index in [-0.39, 0.29) is 25.0 Å². The first-order valence-electron chi connectivity index (χ1n) is 6.53. The van der Waals surface area contributed by atoms with E-state index in [2.05, 4.69) is 5.32 Å². The maximum Gasteiger partial charge on any atom is 0.322 e. The Kier molecular flexibility index (Phi) is 4.45. The van der Waals surface area contributed by atoms with Gasteiger partial charge in [0.05, 0.1) is 13.5 Å². The van der Waals surface area contributed by atoms with Crippen molar-refractivity contribution in [1.29, 1.82) is 0 Å². The molecule has 0 radical (unpaired) electrons. The fourth-order valence-electron chi connectivity index (χ4n) is 1.95. The van der Waals surface area contributed by atoms with Crippen LogP contribution >= 0.6 is 0 Å². The molecule has 108 valence electrons. The van der Waals surface area contributed by atoms with Crippen LogP contribution in [-0.4, -0.2) is 41.7 Å². The maximum absolute atomic E-state index is 12.2. The summed E-state index contributed by atoms with van der Waals surface area (Å²) in [6, 6.07) is 6.97. The Hall–Kier alpha value is -2.24. The highest BCUT2D eigenvalue weighted by Crippen LogP contribution is 2.28. The van der Waals surface area contributed by atoms with E-state index in [9.17, 15) is 9.59 Å². The number of ether oxygens (including phenoxy) is 1. The molecule has 1 fully saturated rings. The largest absolute Gasteiger partial charge is 0.497 e. The minimum atomic E-state index is -0.898. The van der Waals surface area contributed by atoms with Crippen molar-refractivity contribution in [2.45, 2.75) is 25.3 Å². The number of urea groups is 1. The quantitative estimate of drug-likeness (QED) is 0.835. The van der Waals surface area contributed by atoms with Gasteiger partial charge in [0, 0.05) is 24.3 Å². The van der Waals surface area contributed by atoms with E-state index < -0.39 is 5.97 Å². The first-order chi connectivity index (χ1) is 9.60. The topological polar surface area (TPSA) is 78.9 Å². The second-order valence-corrected chi connectivity index (χ2v) is 4.73. The molecule has 0 bridgehead atoms. The molecule has 0 unspecified atom stereocenters. The lowest BCUT2D eigenvalue weighted by molar-refractivity contribution is -0.137. The number of hydrogen-bond donors (Lipinski definition) is 2. The van der Waals surface area contributed by atoms with Crippen LogP contribution in [0.3, 0.4) is 0 Å². The first kappa shape index (κ1) is 14.2. The van der Waals surface area contributed by atoms with Crippen LogP contribution in [0.25, 0.3) is 0 Å². The SMILES string of the molecule is COc1cccc(NC(=O)N(CCC(=O)O)C2CC2)c1. The molecule has 0 heterocycles. The van der Waals surface area contributed by atoms with Gasteiger partial charge >= 0.3 is 12.0 Å². The monoisotopic (exact) mass is 278 g/mol. The summed E-state index contributed by atoms with van der Waals surface area (Å²) in [5.74, 6) is -0.240. The number of benzene rings is 1. The van der Waals surface area contributed by atoms with Gasteiger partial charge in [-0.25, -0.2) is 4.79 Å². The van der Waals surface area contributed by atoms with Crippen molar-refractivity contribution in [3.8, 4) is 5.75 Å². The van der Waals surface area contributed by atoms with E-state index in [1.807, 2.05) is 0 Å². The minimum absolute atomic E-state index is 0.0397. The predicted octanol–water partition coefficient (Wildman–Crippen LogP) is 2.17. The van der Waals surface area contributed by atoms with Gasteiger partial charge in [-0.2, -0.15) is 0 Å². The van der Waals surface area contributed by atoms with Crippen molar-refractivity contribution in [2.75, 3.05) is 19.0 Å².